The number of piperidine rings is 1. The van der Waals surface area contributed by atoms with Gasteiger partial charge in [0.05, 0.1) is 21.7 Å². The Balaban J connectivity index is 2.32. The lowest BCUT2D eigenvalue weighted by Gasteiger charge is -2.29. The smallest absolute Gasteiger partial charge is 0.243 e. The average molecular weight is 291 g/mol. The molecule has 5 nitrogen and oxygen atoms in total. The number of β-amino-alcohol motifs (C(OH)–C–C–N with tert-alkyl or cyclic N) is 1. The van der Waals surface area contributed by atoms with Gasteiger partial charge in [0.15, 0.2) is 0 Å². The molecule has 3 N–H and O–H groups in total. The highest BCUT2D eigenvalue weighted by atomic mass is 35.5. The summed E-state index contributed by atoms with van der Waals surface area (Å²) < 4.78 is 25.9. The number of hydrogen-bond acceptors (Lipinski definition) is 4. The predicted octanol–water partition coefficient (Wildman–Crippen LogP) is 1.07. The molecule has 0 bridgehead atoms. The Morgan fingerprint density at radius 1 is 1.44 bits per heavy atom. The third-order valence-electron chi connectivity index (χ3n) is 2.96. The second-order valence-corrected chi connectivity index (χ2v) is 6.69. The van der Waals surface area contributed by atoms with Crippen LogP contribution in [-0.4, -0.2) is 37.0 Å². The molecule has 1 aromatic rings. The van der Waals surface area contributed by atoms with Crippen LogP contribution in [0.4, 0.5) is 5.69 Å². The minimum Gasteiger partial charge on any atom is -0.397 e. The summed E-state index contributed by atoms with van der Waals surface area (Å²) in [4.78, 5) is 0.110. The number of nitrogen functional groups attached to an aromatic ring is 1. The van der Waals surface area contributed by atoms with Gasteiger partial charge in [0.1, 0.15) is 0 Å². The van der Waals surface area contributed by atoms with Crippen molar-refractivity contribution in [3.8, 4) is 0 Å². The van der Waals surface area contributed by atoms with Crippen LogP contribution in [0.1, 0.15) is 12.8 Å². The van der Waals surface area contributed by atoms with E-state index in [4.69, 9.17) is 17.3 Å². The zero-order valence-electron chi connectivity index (χ0n) is 9.71. The third kappa shape index (κ3) is 2.61. The fourth-order valence-electron chi connectivity index (χ4n) is 1.97. The Hall–Kier alpha value is -0.820. The topological polar surface area (TPSA) is 83.6 Å². The van der Waals surface area contributed by atoms with Gasteiger partial charge in [0.25, 0.3) is 0 Å². The Morgan fingerprint density at radius 3 is 2.78 bits per heavy atom. The summed E-state index contributed by atoms with van der Waals surface area (Å²) in [5, 5.41) is 9.86. The van der Waals surface area contributed by atoms with Crippen LogP contribution in [0.5, 0.6) is 0 Å². The minimum atomic E-state index is -3.60. The number of aliphatic hydroxyl groups excluding tert-OH is 1. The van der Waals surface area contributed by atoms with Crippen molar-refractivity contribution in [2.75, 3.05) is 18.8 Å². The first kappa shape index (κ1) is 13.6. The highest BCUT2D eigenvalue weighted by Crippen LogP contribution is 2.26. The molecular formula is C11H15ClN2O3S. The molecule has 7 heteroatoms. The summed E-state index contributed by atoms with van der Waals surface area (Å²) >= 11 is 5.77. The molecule has 0 amide bonds. The van der Waals surface area contributed by atoms with Gasteiger partial charge < -0.3 is 10.8 Å². The average Bonchev–Trinajstić information content (AvgIpc) is 2.32. The molecule has 18 heavy (non-hydrogen) atoms. The first-order valence-electron chi connectivity index (χ1n) is 5.64. The predicted molar refractivity (Wildman–Crippen MR) is 69.9 cm³/mol. The number of hydrogen-bond donors (Lipinski definition) is 2. The third-order valence-corrected chi connectivity index (χ3v) is 5.17. The van der Waals surface area contributed by atoms with E-state index in [-0.39, 0.29) is 17.1 Å². The zero-order valence-corrected chi connectivity index (χ0v) is 11.3. The van der Waals surface area contributed by atoms with Crippen molar-refractivity contribution in [3.63, 3.8) is 0 Å². The molecule has 0 unspecified atom stereocenters. The molecule has 0 radical (unpaired) electrons. The van der Waals surface area contributed by atoms with Crippen LogP contribution in [0.25, 0.3) is 0 Å². The van der Waals surface area contributed by atoms with E-state index in [9.17, 15) is 13.5 Å². The number of halogens is 1. The summed E-state index contributed by atoms with van der Waals surface area (Å²) in [7, 11) is -3.60. The molecule has 2 rings (SSSR count). The minimum absolute atomic E-state index is 0.110. The van der Waals surface area contributed by atoms with Crippen molar-refractivity contribution in [3.05, 3.63) is 23.2 Å². The molecule has 1 heterocycles. The highest BCUT2D eigenvalue weighted by molar-refractivity contribution is 7.89. The van der Waals surface area contributed by atoms with Crippen molar-refractivity contribution >= 4 is 27.3 Å². The van der Waals surface area contributed by atoms with Gasteiger partial charge in [-0.3, -0.25) is 0 Å². The maximum atomic E-state index is 12.3. The number of nitrogens with zero attached hydrogens (tertiary/aromatic N) is 1. The van der Waals surface area contributed by atoms with Gasteiger partial charge in [-0.05, 0) is 31.0 Å². The van der Waals surface area contributed by atoms with Crippen LogP contribution in [0.2, 0.25) is 5.02 Å². The molecule has 0 aromatic heterocycles. The molecule has 1 atom stereocenters. The van der Waals surface area contributed by atoms with Crippen molar-refractivity contribution in [2.45, 2.75) is 23.8 Å². The number of nitrogens with two attached hydrogens (primary N) is 1. The quantitative estimate of drug-likeness (QED) is 0.798. The van der Waals surface area contributed by atoms with E-state index in [0.29, 0.717) is 24.4 Å². The number of anilines is 1. The summed E-state index contributed by atoms with van der Waals surface area (Å²) in [5.41, 5.74) is 5.84. The first-order chi connectivity index (χ1) is 8.41. The van der Waals surface area contributed by atoms with E-state index in [2.05, 4.69) is 0 Å². The summed E-state index contributed by atoms with van der Waals surface area (Å²) in [6.07, 6.45) is 0.691. The highest BCUT2D eigenvalue weighted by Gasteiger charge is 2.29. The summed E-state index contributed by atoms with van der Waals surface area (Å²) in [5.74, 6) is 0. The standard InChI is InChI=1S/C11H15ClN2O3S/c12-10-4-3-9(6-11(10)13)18(16,17)14-5-1-2-8(15)7-14/h3-4,6,8,15H,1-2,5,7,13H2/t8-/m0/s1. The van der Waals surface area contributed by atoms with Crippen LogP contribution in [0.3, 0.4) is 0 Å². The number of aliphatic hydroxyl groups is 1. The molecule has 1 aromatic carbocycles. The molecule has 1 fully saturated rings. The Morgan fingerprint density at radius 2 is 2.17 bits per heavy atom. The van der Waals surface area contributed by atoms with Crippen LogP contribution in [0.15, 0.2) is 23.1 Å². The molecule has 100 valence electrons. The molecule has 0 aliphatic carbocycles. The van der Waals surface area contributed by atoms with Crippen LogP contribution in [-0.2, 0) is 10.0 Å². The monoisotopic (exact) mass is 290 g/mol. The number of rotatable bonds is 2. The van der Waals surface area contributed by atoms with Gasteiger partial charge in [-0.1, -0.05) is 11.6 Å². The molecule has 0 saturated carbocycles. The zero-order chi connectivity index (χ0) is 13.3. The molecule has 1 saturated heterocycles. The lowest BCUT2D eigenvalue weighted by Crippen LogP contribution is -2.42. The maximum absolute atomic E-state index is 12.3. The normalized spacial score (nSPS) is 22.0. The van der Waals surface area contributed by atoms with E-state index < -0.39 is 16.1 Å². The Kier molecular flexibility index (Phi) is 3.82. The van der Waals surface area contributed by atoms with Crippen LogP contribution < -0.4 is 5.73 Å². The van der Waals surface area contributed by atoms with Crippen molar-refractivity contribution < 1.29 is 13.5 Å². The lowest BCUT2D eigenvalue weighted by atomic mass is 10.1. The largest absolute Gasteiger partial charge is 0.397 e. The molecular weight excluding hydrogens is 276 g/mol. The second-order valence-electron chi connectivity index (χ2n) is 4.34. The molecule has 0 spiro atoms. The maximum Gasteiger partial charge on any atom is 0.243 e. The number of sulfonamides is 1. The summed E-state index contributed by atoms with van der Waals surface area (Å²) in [6, 6.07) is 4.23. The number of benzene rings is 1. The van der Waals surface area contributed by atoms with Crippen LogP contribution >= 0.6 is 11.6 Å². The van der Waals surface area contributed by atoms with Gasteiger partial charge >= 0.3 is 0 Å². The van der Waals surface area contributed by atoms with Gasteiger partial charge in [0, 0.05) is 13.1 Å². The van der Waals surface area contributed by atoms with Crippen molar-refractivity contribution in [1.82, 2.24) is 4.31 Å². The SMILES string of the molecule is Nc1cc(S(=O)(=O)N2CCC[C@H](O)C2)ccc1Cl. The first-order valence-corrected chi connectivity index (χ1v) is 7.46. The molecule has 1 aliphatic rings. The summed E-state index contributed by atoms with van der Waals surface area (Å²) in [6.45, 7) is 0.548. The van der Waals surface area contributed by atoms with Crippen molar-refractivity contribution in [2.24, 2.45) is 0 Å². The molecule has 1 aliphatic heterocycles. The van der Waals surface area contributed by atoms with E-state index in [1.54, 1.807) is 0 Å². The van der Waals surface area contributed by atoms with Crippen LogP contribution in [0, 0.1) is 0 Å². The van der Waals surface area contributed by atoms with Gasteiger partial charge in [-0.2, -0.15) is 4.31 Å². The fourth-order valence-corrected chi connectivity index (χ4v) is 3.64. The van der Waals surface area contributed by atoms with E-state index in [1.807, 2.05) is 0 Å². The second kappa shape index (κ2) is 5.05. The van der Waals surface area contributed by atoms with E-state index >= 15 is 0 Å². The Labute approximate surface area is 111 Å². The Bertz CT molecular complexity index is 547. The van der Waals surface area contributed by atoms with E-state index in [0.717, 1.165) is 0 Å². The lowest BCUT2D eigenvalue weighted by molar-refractivity contribution is 0.108. The fraction of sp³-hybridized carbons (Fsp3) is 0.455. The van der Waals surface area contributed by atoms with Gasteiger partial charge in [-0.25, -0.2) is 8.42 Å². The van der Waals surface area contributed by atoms with Gasteiger partial charge in [0.2, 0.25) is 10.0 Å². The van der Waals surface area contributed by atoms with Crippen molar-refractivity contribution in [1.29, 1.82) is 0 Å². The van der Waals surface area contributed by atoms with Gasteiger partial charge in [-0.15, -0.1) is 0 Å². The van der Waals surface area contributed by atoms with E-state index in [1.165, 1.54) is 22.5 Å².